The first-order valence-electron chi connectivity index (χ1n) is 10.4. The molecule has 1 fully saturated rings. The van der Waals surface area contributed by atoms with Crippen LogP contribution in [-0.4, -0.2) is 23.9 Å². The fourth-order valence-corrected chi connectivity index (χ4v) is 2.53. The van der Waals surface area contributed by atoms with Crippen molar-refractivity contribution in [1.82, 2.24) is 10.6 Å². The van der Waals surface area contributed by atoms with E-state index in [-0.39, 0.29) is 23.7 Å². The molecule has 4 heteroatoms. The van der Waals surface area contributed by atoms with Gasteiger partial charge in [-0.05, 0) is 25.7 Å². The minimum absolute atomic E-state index is 0.107. The van der Waals surface area contributed by atoms with E-state index >= 15 is 0 Å². The Kier molecular flexibility index (Phi) is 17.2. The molecule has 0 aliphatic heterocycles. The standard InChI is InChI=1S/C10H21NO.C9H17NO.C2H6/c1-5-7-9(6-2)11-10(12)8(3)4;1-7(2)9(11)10-8-5-3-4-6-8;1-2/h8-9H,5-7H2,1-4H3,(H,11,12);7-8H,3-6H2,1-2H3,(H,10,11);1-2H3. The number of hydrogen-bond donors (Lipinski definition) is 2. The van der Waals surface area contributed by atoms with Gasteiger partial charge in [-0.3, -0.25) is 9.59 Å². The highest BCUT2D eigenvalue weighted by Gasteiger charge is 2.18. The maximum atomic E-state index is 11.3. The lowest BCUT2D eigenvalue weighted by Gasteiger charge is -2.17. The van der Waals surface area contributed by atoms with Crippen LogP contribution in [0, 0.1) is 11.8 Å². The SMILES string of the molecule is CC.CC(C)C(=O)NC1CCCC1.CCCC(CC)NC(=O)C(C)C. The Balaban J connectivity index is 0. The fraction of sp³-hybridized carbons (Fsp3) is 0.905. The molecular formula is C21H44N2O2. The summed E-state index contributed by atoms with van der Waals surface area (Å²) >= 11 is 0. The highest BCUT2D eigenvalue weighted by atomic mass is 16.2. The summed E-state index contributed by atoms with van der Waals surface area (Å²) in [5.74, 6) is 0.624. The number of rotatable bonds is 7. The topological polar surface area (TPSA) is 58.2 Å². The molecular weight excluding hydrogens is 312 g/mol. The second kappa shape index (κ2) is 16.4. The van der Waals surface area contributed by atoms with E-state index in [0.29, 0.717) is 12.1 Å². The van der Waals surface area contributed by atoms with E-state index in [4.69, 9.17) is 0 Å². The monoisotopic (exact) mass is 356 g/mol. The lowest BCUT2D eigenvalue weighted by molar-refractivity contribution is -0.125. The van der Waals surface area contributed by atoms with Crippen molar-refractivity contribution >= 4 is 11.8 Å². The molecule has 0 heterocycles. The van der Waals surface area contributed by atoms with Crippen LogP contribution in [0.25, 0.3) is 0 Å². The van der Waals surface area contributed by atoms with Crippen molar-refractivity contribution in [3.63, 3.8) is 0 Å². The Morgan fingerprint density at radius 3 is 1.76 bits per heavy atom. The van der Waals surface area contributed by atoms with Crippen LogP contribution in [0.5, 0.6) is 0 Å². The second-order valence-corrected chi connectivity index (χ2v) is 7.20. The van der Waals surface area contributed by atoms with Crippen molar-refractivity contribution in [3.8, 4) is 0 Å². The lowest BCUT2D eigenvalue weighted by Crippen LogP contribution is -2.36. The average Bonchev–Trinajstić information content (AvgIpc) is 3.09. The predicted molar refractivity (Wildman–Crippen MR) is 109 cm³/mol. The molecule has 0 radical (unpaired) electrons. The number of carbonyl (C=O) groups is 2. The summed E-state index contributed by atoms with van der Waals surface area (Å²) in [4.78, 5) is 22.5. The smallest absolute Gasteiger partial charge is 0.222 e. The van der Waals surface area contributed by atoms with E-state index in [1.54, 1.807) is 0 Å². The fourth-order valence-electron chi connectivity index (χ4n) is 2.53. The van der Waals surface area contributed by atoms with Gasteiger partial charge in [-0.1, -0.05) is 74.7 Å². The number of nitrogens with one attached hydrogen (secondary N) is 2. The molecule has 1 atom stereocenters. The molecule has 2 amide bonds. The molecule has 0 spiro atoms. The molecule has 1 aliphatic rings. The molecule has 1 rings (SSSR count). The summed E-state index contributed by atoms with van der Waals surface area (Å²) in [6.07, 6.45) is 8.18. The zero-order valence-electron chi connectivity index (χ0n) is 18.1. The first kappa shape index (κ1) is 26.2. The van der Waals surface area contributed by atoms with Crippen molar-refractivity contribution in [2.24, 2.45) is 11.8 Å². The molecule has 2 N–H and O–H groups in total. The molecule has 0 aromatic rings. The molecule has 0 aromatic heterocycles. The van der Waals surface area contributed by atoms with E-state index in [9.17, 15) is 9.59 Å². The van der Waals surface area contributed by atoms with Crippen LogP contribution in [0.1, 0.15) is 100 Å². The van der Waals surface area contributed by atoms with Crippen LogP contribution in [-0.2, 0) is 9.59 Å². The highest BCUT2D eigenvalue weighted by Crippen LogP contribution is 2.17. The summed E-state index contributed by atoms with van der Waals surface area (Å²) < 4.78 is 0. The molecule has 150 valence electrons. The van der Waals surface area contributed by atoms with E-state index in [1.165, 1.54) is 25.7 Å². The summed E-state index contributed by atoms with van der Waals surface area (Å²) in [7, 11) is 0. The zero-order valence-corrected chi connectivity index (χ0v) is 18.1. The molecule has 25 heavy (non-hydrogen) atoms. The van der Waals surface area contributed by atoms with Crippen molar-refractivity contribution in [3.05, 3.63) is 0 Å². The van der Waals surface area contributed by atoms with Crippen LogP contribution in [0.2, 0.25) is 0 Å². The first-order chi connectivity index (χ1) is 11.8. The van der Waals surface area contributed by atoms with Gasteiger partial charge in [0.2, 0.25) is 11.8 Å². The van der Waals surface area contributed by atoms with Gasteiger partial charge >= 0.3 is 0 Å². The molecule has 0 bridgehead atoms. The third kappa shape index (κ3) is 13.9. The summed E-state index contributed by atoms with van der Waals surface area (Å²) in [5.41, 5.74) is 0. The maximum Gasteiger partial charge on any atom is 0.222 e. The Morgan fingerprint density at radius 1 is 0.920 bits per heavy atom. The molecule has 0 aromatic carbocycles. The third-order valence-electron chi connectivity index (χ3n) is 4.23. The van der Waals surface area contributed by atoms with E-state index < -0.39 is 0 Å². The normalized spacial score (nSPS) is 15.0. The van der Waals surface area contributed by atoms with Gasteiger partial charge < -0.3 is 10.6 Å². The van der Waals surface area contributed by atoms with Crippen LogP contribution < -0.4 is 10.6 Å². The van der Waals surface area contributed by atoms with E-state index in [1.807, 2.05) is 41.5 Å². The Labute approximate surface area is 156 Å². The van der Waals surface area contributed by atoms with Crippen molar-refractivity contribution in [2.75, 3.05) is 0 Å². The first-order valence-corrected chi connectivity index (χ1v) is 10.4. The Hall–Kier alpha value is -1.06. The molecule has 4 nitrogen and oxygen atoms in total. The van der Waals surface area contributed by atoms with Crippen molar-refractivity contribution in [2.45, 2.75) is 112 Å². The zero-order chi connectivity index (χ0) is 19.8. The Bertz CT molecular complexity index is 335. The van der Waals surface area contributed by atoms with E-state index in [0.717, 1.165) is 19.3 Å². The van der Waals surface area contributed by atoms with Crippen molar-refractivity contribution in [1.29, 1.82) is 0 Å². The van der Waals surface area contributed by atoms with Gasteiger partial charge in [0.15, 0.2) is 0 Å². The quantitative estimate of drug-likeness (QED) is 0.669. The summed E-state index contributed by atoms with van der Waals surface area (Å²) in [6.45, 7) is 16.0. The van der Waals surface area contributed by atoms with Gasteiger partial charge in [0.25, 0.3) is 0 Å². The van der Waals surface area contributed by atoms with Gasteiger partial charge in [0.1, 0.15) is 0 Å². The van der Waals surface area contributed by atoms with Gasteiger partial charge in [0, 0.05) is 23.9 Å². The van der Waals surface area contributed by atoms with Gasteiger partial charge in [-0.15, -0.1) is 0 Å². The minimum atomic E-state index is 0.107. The van der Waals surface area contributed by atoms with Crippen LogP contribution >= 0.6 is 0 Å². The van der Waals surface area contributed by atoms with Gasteiger partial charge in [-0.2, -0.15) is 0 Å². The van der Waals surface area contributed by atoms with Gasteiger partial charge in [-0.25, -0.2) is 0 Å². The highest BCUT2D eigenvalue weighted by molar-refractivity contribution is 5.78. The van der Waals surface area contributed by atoms with Crippen LogP contribution in [0.4, 0.5) is 0 Å². The second-order valence-electron chi connectivity index (χ2n) is 7.20. The molecule has 1 saturated carbocycles. The Morgan fingerprint density at radius 2 is 1.40 bits per heavy atom. The van der Waals surface area contributed by atoms with E-state index in [2.05, 4.69) is 24.5 Å². The van der Waals surface area contributed by atoms with Crippen LogP contribution in [0.3, 0.4) is 0 Å². The average molecular weight is 357 g/mol. The molecule has 1 unspecified atom stereocenters. The maximum absolute atomic E-state index is 11.3. The summed E-state index contributed by atoms with van der Waals surface area (Å²) in [6, 6.07) is 0.856. The largest absolute Gasteiger partial charge is 0.353 e. The van der Waals surface area contributed by atoms with Gasteiger partial charge in [0.05, 0.1) is 0 Å². The minimum Gasteiger partial charge on any atom is -0.353 e. The van der Waals surface area contributed by atoms with Crippen molar-refractivity contribution < 1.29 is 9.59 Å². The lowest BCUT2D eigenvalue weighted by atomic mass is 10.1. The summed E-state index contributed by atoms with van der Waals surface area (Å²) in [5, 5.41) is 6.07. The molecule has 1 aliphatic carbocycles. The van der Waals surface area contributed by atoms with Crippen LogP contribution in [0.15, 0.2) is 0 Å². The molecule has 0 saturated heterocycles. The third-order valence-corrected chi connectivity index (χ3v) is 4.23. The number of carbonyl (C=O) groups excluding carboxylic acids is 2. The predicted octanol–water partition coefficient (Wildman–Crippen LogP) is 5.06. The number of hydrogen-bond acceptors (Lipinski definition) is 2. The number of amides is 2.